The molecule has 5 N–H and O–H groups in total. The molecule has 0 saturated heterocycles. The molecule has 0 aliphatic heterocycles. The number of carboxylic acid groups (broad SMARTS) is 2. The second-order valence-corrected chi connectivity index (χ2v) is 0.610. The molecule has 0 radical (unpaired) electrons. The maximum Gasteiger partial charge on any atom is 3.00 e. The predicted octanol–water partition coefficient (Wildman–Crippen LogP) is -1.76. The third-order valence-corrected chi connectivity index (χ3v) is 0.183. The van der Waals surface area contributed by atoms with Gasteiger partial charge in [-0.3, -0.25) is 0 Å². The summed E-state index contributed by atoms with van der Waals surface area (Å²) < 4.78 is 0. The van der Waals surface area contributed by atoms with Crippen molar-refractivity contribution in [3.63, 3.8) is 0 Å². The Bertz CT molecular complexity index is 77.6. The van der Waals surface area contributed by atoms with Crippen molar-refractivity contribution in [2.45, 2.75) is 0 Å². The molecule has 0 heterocycles. The summed E-state index contributed by atoms with van der Waals surface area (Å²) in [5.41, 5.74) is 0. The average molecular weight is 168 g/mol. The van der Waals surface area contributed by atoms with Crippen LogP contribution in [0.5, 0.6) is 0 Å². The van der Waals surface area contributed by atoms with Gasteiger partial charge in [0.25, 0.3) is 0 Å². The van der Waals surface area contributed by atoms with Crippen LogP contribution in [0.4, 0.5) is 0 Å². The molecule has 0 aromatic rings. The predicted molar refractivity (Wildman–Crippen MR) is 26.8 cm³/mol. The van der Waals surface area contributed by atoms with Gasteiger partial charge in [0.2, 0.25) is 0 Å². The first kappa shape index (κ1) is 34.4. The minimum absolute atomic E-state index is 0. The molecular formula is C2H5AlO7. The van der Waals surface area contributed by atoms with Crippen LogP contribution in [-0.4, -0.2) is 55.9 Å². The van der Waals surface area contributed by atoms with Gasteiger partial charge in [-0.05, 0) is 0 Å². The van der Waals surface area contributed by atoms with Crippen LogP contribution in [0.25, 0.3) is 0 Å². The molecule has 0 aromatic carbocycles. The Hall–Kier alpha value is -0.648. The van der Waals surface area contributed by atoms with Crippen molar-refractivity contribution >= 4 is 29.3 Å². The fraction of sp³-hybridized carbons (Fsp3) is 0. The molecule has 8 heteroatoms. The van der Waals surface area contributed by atoms with Crippen molar-refractivity contribution in [2.24, 2.45) is 0 Å². The van der Waals surface area contributed by atoms with E-state index in [0.717, 1.165) is 0 Å². The van der Waals surface area contributed by atoms with E-state index in [9.17, 15) is 0 Å². The van der Waals surface area contributed by atoms with E-state index in [-0.39, 0.29) is 33.8 Å². The Kier molecular flexibility index (Phi) is 54.3. The van der Waals surface area contributed by atoms with E-state index in [4.69, 9.17) is 19.8 Å². The van der Waals surface area contributed by atoms with E-state index in [1.807, 2.05) is 0 Å². The van der Waals surface area contributed by atoms with Crippen molar-refractivity contribution in [1.29, 1.82) is 0 Å². The minimum Gasteiger partial charge on any atom is -0.870 e. The van der Waals surface area contributed by atoms with Crippen LogP contribution in [0.15, 0.2) is 0 Å². The van der Waals surface area contributed by atoms with Crippen molar-refractivity contribution in [3.8, 4) is 0 Å². The average Bonchev–Trinajstić information content (AvgIpc) is 1.36. The smallest absolute Gasteiger partial charge is 0.870 e. The molecule has 0 spiro atoms. The van der Waals surface area contributed by atoms with Crippen molar-refractivity contribution in [3.05, 3.63) is 0 Å². The topological polar surface area (TPSA) is 165 Å². The summed E-state index contributed by atoms with van der Waals surface area (Å²) in [4.78, 5) is 18.2. The van der Waals surface area contributed by atoms with Crippen LogP contribution in [0.2, 0.25) is 0 Å². The van der Waals surface area contributed by atoms with Gasteiger partial charge in [-0.15, -0.1) is 0 Å². The Morgan fingerprint density at radius 3 is 0.900 bits per heavy atom. The van der Waals surface area contributed by atoms with Crippen LogP contribution >= 0.6 is 0 Å². The maximum atomic E-state index is 9.10. The zero-order chi connectivity index (χ0) is 5.15. The van der Waals surface area contributed by atoms with Gasteiger partial charge in [-0.25, -0.2) is 9.59 Å². The van der Waals surface area contributed by atoms with Crippen LogP contribution in [0, 0.1) is 0 Å². The van der Waals surface area contributed by atoms with Crippen LogP contribution < -0.4 is 0 Å². The largest absolute Gasteiger partial charge is 3.00 e. The van der Waals surface area contributed by atoms with Gasteiger partial charge < -0.3 is 26.6 Å². The summed E-state index contributed by atoms with van der Waals surface area (Å²) in [6.45, 7) is 0. The van der Waals surface area contributed by atoms with Gasteiger partial charge in [-0.1, -0.05) is 0 Å². The molecule has 10 heavy (non-hydrogen) atoms. The third kappa shape index (κ3) is 26.4. The Balaban J connectivity index is -0.0000000208. The fourth-order valence-corrected chi connectivity index (χ4v) is 0. The molecule has 0 atom stereocenters. The molecule has 0 aromatic heterocycles. The molecule has 0 saturated carbocycles. The summed E-state index contributed by atoms with van der Waals surface area (Å²) in [6, 6.07) is 0. The van der Waals surface area contributed by atoms with E-state index in [2.05, 4.69) is 0 Å². The summed E-state index contributed by atoms with van der Waals surface area (Å²) >= 11 is 0. The van der Waals surface area contributed by atoms with Gasteiger partial charge in [0.15, 0.2) is 0 Å². The molecule has 0 bridgehead atoms. The Labute approximate surface area is 66.3 Å². The van der Waals surface area contributed by atoms with Crippen LogP contribution in [0.1, 0.15) is 0 Å². The zero-order valence-electron chi connectivity index (χ0n) is 4.63. The molecule has 0 aliphatic rings. The first-order valence-electron chi connectivity index (χ1n) is 1.11. The number of hydrogen-bond acceptors (Lipinski definition) is 5. The number of rotatable bonds is 0. The van der Waals surface area contributed by atoms with Crippen molar-refractivity contribution in [1.82, 2.24) is 0 Å². The fourth-order valence-electron chi connectivity index (χ4n) is 0. The molecule has 7 nitrogen and oxygen atoms in total. The second-order valence-electron chi connectivity index (χ2n) is 0.610. The van der Waals surface area contributed by atoms with Crippen molar-refractivity contribution in [2.75, 3.05) is 0 Å². The van der Waals surface area contributed by atoms with Gasteiger partial charge in [-0.2, -0.15) is 0 Å². The molecule has 0 unspecified atom stereocenters. The quantitative estimate of drug-likeness (QED) is 0.319. The maximum absolute atomic E-state index is 9.10. The first-order chi connectivity index (χ1) is 2.64. The van der Waals surface area contributed by atoms with E-state index in [1.165, 1.54) is 0 Å². The molecular weight excluding hydrogens is 163 g/mol. The van der Waals surface area contributed by atoms with Gasteiger partial charge in [0, 0.05) is 0 Å². The zero-order valence-corrected chi connectivity index (χ0v) is 5.78. The van der Waals surface area contributed by atoms with E-state index in [0.29, 0.717) is 0 Å². The van der Waals surface area contributed by atoms with Crippen molar-refractivity contribution < 1.29 is 36.2 Å². The normalized spacial score (nSPS) is 4.40. The summed E-state index contributed by atoms with van der Waals surface area (Å²) in [7, 11) is 0. The van der Waals surface area contributed by atoms with E-state index >= 15 is 0 Å². The Morgan fingerprint density at radius 2 is 0.900 bits per heavy atom. The standard InChI is InChI=1S/C2H2O4.Al.3H2O/c3-1(4)2(5)6;;;;/h(H,3,4)(H,5,6);;3*1H2/q;+3;;;/p-3. The molecule has 0 aliphatic carbocycles. The summed E-state index contributed by atoms with van der Waals surface area (Å²) in [5.74, 6) is -3.65. The van der Waals surface area contributed by atoms with E-state index in [1.54, 1.807) is 0 Å². The first-order valence-corrected chi connectivity index (χ1v) is 1.11. The Morgan fingerprint density at radius 1 is 0.800 bits per heavy atom. The SMILES string of the molecule is O=C(O)C(=O)O.[Al+3].[OH-].[OH-].[OH-]. The van der Waals surface area contributed by atoms with E-state index < -0.39 is 11.9 Å². The third-order valence-electron chi connectivity index (χ3n) is 0.183. The number of carbonyl (C=O) groups is 2. The molecule has 0 fully saturated rings. The molecule has 58 valence electrons. The summed E-state index contributed by atoms with van der Waals surface area (Å²) in [5, 5.41) is 14.8. The van der Waals surface area contributed by atoms with Gasteiger partial charge in [0.1, 0.15) is 0 Å². The van der Waals surface area contributed by atoms with Gasteiger partial charge >= 0.3 is 29.3 Å². The second kappa shape index (κ2) is 15.8. The molecule has 0 rings (SSSR count). The number of hydrogen-bond donors (Lipinski definition) is 2. The summed E-state index contributed by atoms with van der Waals surface area (Å²) in [6.07, 6.45) is 0. The van der Waals surface area contributed by atoms with Crippen LogP contribution in [-0.2, 0) is 9.59 Å². The van der Waals surface area contributed by atoms with Crippen LogP contribution in [0.3, 0.4) is 0 Å². The minimum atomic E-state index is -1.82. The monoisotopic (exact) mass is 168 g/mol. The number of aliphatic carboxylic acids is 2. The molecule has 0 amide bonds. The van der Waals surface area contributed by atoms with Gasteiger partial charge in [0.05, 0.1) is 0 Å². The number of carboxylic acids is 2.